The van der Waals surface area contributed by atoms with Crippen molar-refractivity contribution in [2.24, 2.45) is 0 Å². The van der Waals surface area contributed by atoms with Gasteiger partial charge in [0.05, 0.1) is 11.9 Å². The van der Waals surface area contributed by atoms with Gasteiger partial charge in [-0.1, -0.05) is 66.7 Å². The van der Waals surface area contributed by atoms with E-state index in [1.807, 2.05) is 60.7 Å². The molecule has 0 aliphatic rings. The summed E-state index contributed by atoms with van der Waals surface area (Å²) >= 11 is 0. The van der Waals surface area contributed by atoms with E-state index in [2.05, 4.69) is 27.4 Å². The molecule has 0 atom stereocenters. The summed E-state index contributed by atoms with van der Waals surface area (Å²) in [6.07, 6.45) is 7.31. The van der Waals surface area contributed by atoms with Crippen molar-refractivity contribution in [1.29, 1.82) is 0 Å². The van der Waals surface area contributed by atoms with Crippen molar-refractivity contribution in [1.82, 2.24) is 9.97 Å². The summed E-state index contributed by atoms with van der Waals surface area (Å²) in [5, 5.41) is 2.90. The summed E-state index contributed by atoms with van der Waals surface area (Å²) in [4.78, 5) is 21.7. The Kier molecular flexibility index (Phi) is 7.33. The zero-order chi connectivity index (χ0) is 22.9. The average molecular weight is 438 g/mol. The Balaban J connectivity index is 1.51. The summed E-state index contributed by atoms with van der Waals surface area (Å²) in [7, 11) is 0. The van der Waals surface area contributed by atoms with E-state index in [1.54, 1.807) is 18.3 Å². The van der Waals surface area contributed by atoms with Crippen LogP contribution in [0.25, 0.3) is 23.4 Å². The minimum Gasteiger partial charge on any atom is -0.309 e. The monoisotopic (exact) mass is 437 g/mol. The number of aromatic nitrogens is 2. The first-order chi connectivity index (χ1) is 16.2. The highest BCUT2D eigenvalue weighted by molar-refractivity contribution is 5.92. The lowest BCUT2D eigenvalue weighted by Gasteiger charge is -2.10. The van der Waals surface area contributed by atoms with Gasteiger partial charge in [0.2, 0.25) is 5.91 Å². The van der Waals surface area contributed by atoms with Crippen LogP contribution in [0.5, 0.6) is 0 Å². The second-order valence-electron chi connectivity index (χ2n) is 7.63. The Hall–Kier alpha value is -4.12. The minimum atomic E-state index is -0.310. The van der Waals surface area contributed by atoms with Crippen molar-refractivity contribution in [3.8, 4) is 11.3 Å². The van der Waals surface area contributed by atoms with Gasteiger partial charge in [-0.05, 0) is 54.3 Å². The molecule has 164 valence electrons. The molecule has 1 heterocycles. The van der Waals surface area contributed by atoms with Gasteiger partial charge < -0.3 is 5.32 Å². The first-order valence-corrected chi connectivity index (χ1v) is 10.9. The molecule has 0 spiro atoms. The number of nitrogens with zero attached hydrogens (tertiary/aromatic N) is 2. The number of amides is 1. The average Bonchev–Trinajstić information content (AvgIpc) is 2.85. The first kappa shape index (κ1) is 22.1. The van der Waals surface area contributed by atoms with Crippen LogP contribution in [0.1, 0.15) is 29.7 Å². The zero-order valence-corrected chi connectivity index (χ0v) is 18.1. The van der Waals surface area contributed by atoms with E-state index in [4.69, 9.17) is 0 Å². The summed E-state index contributed by atoms with van der Waals surface area (Å²) in [6, 6.07) is 26.0. The van der Waals surface area contributed by atoms with Gasteiger partial charge in [-0.2, -0.15) is 0 Å². The molecule has 0 unspecified atom stereocenters. The molecule has 33 heavy (non-hydrogen) atoms. The number of hydrogen-bond donors (Lipinski definition) is 1. The van der Waals surface area contributed by atoms with E-state index < -0.39 is 0 Å². The Morgan fingerprint density at radius 3 is 2.30 bits per heavy atom. The molecule has 0 bridgehead atoms. The third kappa shape index (κ3) is 6.43. The predicted octanol–water partition coefficient (Wildman–Crippen LogP) is 6.41. The summed E-state index contributed by atoms with van der Waals surface area (Å²) in [6.45, 7) is 0. The second-order valence-corrected chi connectivity index (χ2v) is 7.63. The Morgan fingerprint density at radius 2 is 1.58 bits per heavy atom. The quantitative estimate of drug-likeness (QED) is 0.346. The molecule has 0 fully saturated rings. The van der Waals surface area contributed by atoms with Crippen molar-refractivity contribution in [3.05, 3.63) is 114 Å². The number of carbonyl (C=O) groups excluding carboxylic acids is 1. The molecular weight excluding hydrogens is 413 g/mol. The smallest absolute Gasteiger partial charge is 0.225 e. The number of carbonyl (C=O) groups is 1. The van der Waals surface area contributed by atoms with E-state index in [9.17, 15) is 9.18 Å². The molecular formula is C28H24FN3O. The fourth-order valence-electron chi connectivity index (χ4n) is 3.41. The van der Waals surface area contributed by atoms with Gasteiger partial charge in [0.1, 0.15) is 11.5 Å². The maximum atomic E-state index is 13.3. The van der Waals surface area contributed by atoms with Crippen LogP contribution in [0.4, 0.5) is 10.2 Å². The lowest BCUT2D eigenvalue weighted by molar-refractivity contribution is -0.116. The van der Waals surface area contributed by atoms with Crippen molar-refractivity contribution in [2.45, 2.75) is 19.3 Å². The number of benzene rings is 3. The SMILES string of the molecule is O=C(CCCc1ccccc1)Nc1ncc(-c2ccc(F)cc2)nc1/C=C/c1ccccc1. The number of anilines is 1. The van der Waals surface area contributed by atoms with Crippen LogP contribution in [-0.4, -0.2) is 15.9 Å². The molecule has 1 N–H and O–H groups in total. The maximum absolute atomic E-state index is 13.3. The second kappa shape index (κ2) is 11.0. The fourth-order valence-corrected chi connectivity index (χ4v) is 3.41. The van der Waals surface area contributed by atoms with Crippen molar-refractivity contribution in [2.75, 3.05) is 5.32 Å². The highest BCUT2D eigenvalue weighted by Crippen LogP contribution is 2.22. The number of rotatable bonds is 8. The summed E-state index contributed by atoms with van der Waals surface area (Å²) in [5.41, 5.74) is 4.10. The van der Waals surface area contributed by atoms with Crippen LogP contribution in [-0.2, 0) is 11.2 Å². The molecule has 4 nitrogen and oxygen atoms in total. The highest BCUT2D eigenvalue weighted by Gasteiger charge is 2.11. The molecule has 3 aromatic carbocycles. The Morgan fingerprint density at radius 1 is 0.879 bits per heavy atom. The molecule has 0 saturated carbocycles. The topological polar surface area (TPSA) is 54.9 Å². The van der Waals surface area contributed by atoms with Crippen LogP contribution in [0, 0.1) is 5.82 Å². The zero-order valence-electron chi connectivity index (χ0n) is 18.1. The molecule has 0 aliphatic heterocycles. The lowest BCUT2D eigenvalue weighted by atomic mass is 10.1. The number of hydrogen-bond acceptors (Lipinski definition) is 3. The Labute approximate surface area is 192 Å². The molecule has 1 amide bonds. The molecule has 0 radical (unpaired) electrons. The molecule has 5 heteroatoms. The molecule has 4 aromatic rings. The normalized spacial score (nSPS) is 10.9. The van der Waals surface area contributed by atoms with E-state index in [0.29, 0.717) is 23.6 Å². The number of nitrogens with one attached hydrogen (secondary N) is 1. The molecule has 0 saturated heterocycles. The minimum absolute atomic E-state index is 0.107. The third-order valence-corrected chi connectivity index (χ3v) is 5.14. The van der Waals surface area contributed by atoms with Crippen molar-refractivity contribution < 1.29 is 9.18 Å². The van der Waals surface area contributed by atoms with Crippen LogP contribution < -0.4 is 5.32 Å². The Bertz CT molecular complexity index is 1220. The van der Waals surface area contributed by atoms with Crippen LogP contribution in [0.3, 0.4) is 0 Å². The van der Waals surface area contributed by atoms with Crippen molar-refractivity contribution >= 4 is 23.9 Å². The summed E-state index contributed by atoms with van der Waals surface area (Å²) in [5.74, 6) is -0.0165. The van der Waals surface area contributed by atoms with E-state index in [1.165, 1.54) is 17.7 Å². The fraction of sp³-hybridized carbons (Fsp3) is 0.107. The van der Waals surface area contributed by atoms with Gasteiger partial charge in [0.15, 0.2) is 5.82 Å². The number of halogens is 1. The van der Waals surface area contributed by atoms with Gasteiger partial charge >= 0.3 is 0 Å². The lowest BCUT2D eigenvalue weighted by Crippen LogP contribution is -2.14. The van der Waals surface area contributed by atoms with Crippen LogP contribution >= 0.6 is 0 Å². The standard InChI is InChI=1S/C28H24FN3O/c29-24-17-15-23(16-18-24)26-20-30-28(25(31-26)19-14-22-10-5-2-6-11-22)32-27(33)13-7-12-21-8-3-1-4-9-21/h1-6,8-11,14-20H,7,12-13H2,(H,30,32,33)/b19-14+. The predicted molar refractivity (Wildman–Crippen MR) is 131 cm³/mol. The van der Waals surface area contributed by atoms with E-state index in [-0.39, 0.29) is 11.7 Å². The van der Waals surface area contributed by atoms with Gasteiger partial charge in [0, 0.05) is 12.0 Å². The van der Waals surface area contributed by atoms with Crippen molar-refractivity contribution in [3.63, 3.8) is 0 Å². The highest BCUT2D eigenvalue weighted by atomic mass is 19.1. The summed E-state index contributed by atoms with van der Waals surface area (Å²) < 4.78 is 13.3. The maximum Gasteiger partial charge on any atom is 0.225 e. The first-order valence-electron chi connectivity index (χ1n) is 10.9. The van der Waals surface area contributed by atoms with Gasteiger partial charge in [0.25, 0.3) is 0 Å². The van der Waals surface area contributed by atoms with Crippen LogP contribution in [0.15, 0.2) is 91.1 Å². The molecule has 0 aliphatic carbocycles. The van der Waals surface area contributed by atoms with Gasteiger partial charge in [-0.15, -0.1) is 0 Å². The van der Waals surface area contributed by atoms with Gasteiger partial charge in [-0.3, -0.25) is 4.79 Å². The largest absolute Gasteiger partial charge is 0.309 e. The van der Waals surface area contributed by atoms with Gasteiger partial charge in [-0.25, -0.2) is 14.4 Å². The van der Waals surface area contributed by atoms with E-state index in [0.717, 1.165) is 24.0 Å². The van der Waals surface area contributed by atoms with E-state index >= 15 is 0 Å². The molecule has 1 aromatic heterocycles. The molecule has 4 rings (SSSR count). The number of aryl methyl sites for hydroxylation is 1. The third-order valence-electron chi connectivity index (χ3n) is 5.14. The van der Waals surface area contributed by atoms with Crippen LogP contribution in [0.2, 0.25) is 0 Å².